The first kappa shape index (κ1) is 25.7. The van der Waals surface area contributed by atoms with E-state index in [1.54, 1.807) is 11.3 Å². The van der Waals surface area contributed by atoms with Gasteiger partial charge in [-0.05, 0) is 70.1 Å². The first-order valence-corrected chi connectivity index (χ1v) is 16.6. The van der Waals surface area contributed by atoms with Crippen LogP contribution in [0.1, 0.15) is 17.5 Å². The van der Waals surface area contributed by atoms with Gasteiger partial charge in [0.25, 0.3) is 0 Å². The summed E-state index contributed by atoms with van der Waals surface area (Å²) in [6.07, 6.45) is 6.72. The molecule has 3 nitrogen and oxygen atoms in total. The summed E-state index contributed by atoms with van der Waals surface area (Å²) >= 11 is 1.73. The molecular weight excluding hydrogens is 579 g/mol. The Morgan fingerprint density at radius 1 is 0.587 bits per heavy atom. The van der Waals surface area contributed by atoms with Gasteiger partial charge in [-0.15, -0.1) is 11.3 Å². The number of allylic oxidation sites excluding steroid dienone is 1. The molecule has 0 unspecified atom stereocenters. The van der Waals surface area contributed by atoms with Gasteiger partial charge in [0.15, 0.2) is 5.82 Å². The van der Waals surface area contributed by atoms with Crippen molar-refractivity contribution in [3.8, 4) is 28.2 Å². The lowest BCUT2D eigenvalue weighted by atomic mass is 9.93. The lowest BCUT2D eigenvalue weighted by molar-refractivity contribution is 0.986. The van der Waals surface area contributed by atoms with E-state index in [0.717, 1.165) is 56.7 Å². The van der Waals surface area contributed by atoms with Gasteiger partial charge in [-0.3, -0.25) is 4.57 Å². The normalized spacial score (nSPS) is 13.0. The highest BCUT2D eigenvalue weighted by Gasteiger charge is 2.21. The number of aryl methyl sites for hydroxylation is 1. The Morgan fingerprint density at radius 3 is 2.28 bits per heavy atom. The van der Waals surface area contributed by atoms with Crippen LogP contribution in [0.4, 0.5) is 0 Å². The Hall–Kier alpha value is -5.58. The number of rotatable bonds is 3. The fourth-order valence-electron chi connectivity index (χ4n) is 7.19. The minimum atomic E-state index is 0.856. The van der Waals surface area contributed by atoms with Crippen LogP contribution in [0.5, 0.6) is 0 Å². The summed E-state index contributed by atoms with van der Waals surface area (Å²) in [6.45, 7) is 0. The summed E-state index contributed by atoms with van der Waals surface area (Å²) in [6, 6.07) is 46.0. The second-order valence-electron chi connectivity index (χ2n) is 12.2. The lowest BCUT2D eigenvalue weighted by Gasteiger charge is -2.13. The summed E-state index contributed by atoms with van der Waals surface area (Å²) in [5.41, 5.74) is 10.4. The zero-order valence-corrected chi connectivity index (χ0v) is 25.8. The predicted octanol–water partition coefficient (Wildman–Crippen LogP) is 11.4. The van der Waals surface area contributed by atoms with Gasteiger partial charge in [0.05, 0.1) is 11.0 Å². The van der Waals surface area contributed by atoms with E-state index in [4.69, 9.17) is 9.97 Å². The van der Waals surface area contributed by atoms with Crippen LogP contribution >= 0.6 is 11.3 Å². The van der Waals surface area contributed by atoms with Crippen molar-refractivity contribution < 1.29 is 0 Å². The van der Waals surface area contributed by atoms with E-state index in [-0.39, 0.29) is 0 Å². The molecule has 0 aliphatic heterocycles. The van der Waals surface area contributed by atoms with Crippen molar-refractivity contribution in [2.45, 2.75) is 12.8 Å². The number of para-hydroxylation sites is 1. The van der Waals surface area contributed by atoms with Gasteiger partial charge in [-0.1, -0.05) is 115 Å². The summed E-state index contributed by atoms with van der Waals surface area (Å²) in [5, 5.41) is 6.02. The molecular formula is C42H27N3S. The Balaban J connectivity index is 1.24. The van der Waals surface area contributed by atoms with Crippen LogP contribution < -0.4 is 0 Å². The van der Waals surface area contributed by atoms with E-state index in [0.29, 0.717) is 0 Å². The van der Waals surface area contributed by atoms with Crippen LogP contribution in [-0.4, -0.2) is 14.5 Å². The van der Waals surface area contributed by atoms with Crippen LogP contribution in [0.2, 0.25) is 0 Å². The molecule has 0 atom stereocenters. The van der Waals surface area contributed by atoms with Crippen LogP contribution in [0.3, 0.4) is 0 Å². The molecule has 0 amide bonds. The maximum Gasteiger partial charge on any atom is 0.166 e. The van der Waals surface area contributed by atoms with Crippen LogP contribution in [0.15, 0.2) is 133 Å². The van der Waals surface area contributed by atoms with Crippen molar-refractivity contribution in [1.82, 2.24) is 14.5 Å². The summed E-state index contributed by atoms with van der Waals surface area (Å²) < 4.78 is 3.53. The molecule has 0 saturated carbocycles. The lowest BCUT2D eigenvalue weighted by Crippen LogP contribution is -2.02. The SMILES string of the molecule is C1=Cc2ccc(-c3ccc4c(c3)sc3nc(-n5c6ccccc6c6cc7ccccc7cc65)c(-c5ccccc5)nc34)cc2CC1. The molecule has 216 valence electrons. The highest BCUT2D eigenvalue weighted by atomic mass is 32.1. The molecule has 9 aromatic rings. The first-order valence-electron chi connectivity index (χ1n) is 15.8. The second kappa shape index (κ2) is 9.96. The minimum Gasteiger partial charge on any atom is -0.292 e. The van der Waals surface area contributed by atoms with Crippen molar-refractivity contribution in [3.63, 3.8) is 0 Å². The fourth-order valence-corrected chi connectivity index (χ4v) is 8.24. The maximum atomic E-state index is 5.48. The molecule has 3 aromatic heterocycles. The van der Waals surface area contributed by atoms with Gasteiger partial charge in [-0.25, -0.2) is 9.97 Å². The van der Waals surface area contributed by atoms with Crippen molar-refractivity contribution in [2.24, 2.45) is 0 Å². The van der Waals surface area contributed by atoms with E-state index < -0.39 is 0 Å². The third-order valence-electron chi connectivity index (χ3n) is 9.44. The Bertz CT molecular complexity index is 2700. The highest BCUT2D eigenvalue weighted by Crippen LogP contribution is 2.41. The fraction of sp³-hybridized carbons (Fsp3) is 0.0476. The average molecular weight is 606 g/mol. The molecule has 0 N–H and O–H groups in total. The largest absolute Gasteiger partial charge is 0.292 e. The van der Waals surface area contributed by atoms with Gasteiger partial charge in [0, 0.05) is 26.4 Å². The van der Waals surface area contributed by atoms with Crippen molar-refractivity contribution >= 4 is 70.4 Å². The Labute approximate surface area is 269 Å². The number of benzene rings is 6. The van der Waals surface area contributed by atoms with Crippen LogP contribution in [0, 0.1) is 0 Å². The molecule has 10 rings (SSSR count). The standard InChI is InChI=1S/C42H27N3S/c1-2-11-27(12-3-1)39-41(45-36-17-9-8-16-33(36)35-23-29-14-6-7-15-30(29)24-37(35)45)44-42-40(43-39)34-21-20-32(25-38(34)46-42)31-19-18-26-10-4-5-13-28(26)22-31/h1-4,6-12,14-25H,5,13H2. The third-order valence-corrected chi connectivity index (χ3v) is 10.5. The van der Waals surface area contributed by atoms with E-state index >= 15 is 0 Å². The second-order valence-corrected chi connectivity index (χ2v) is 13.2. The van der Waals surface area contributed by atoms with Gasteiger partial charge in [0.1, 0.15) is 16.0 Å². The summed E-state index contributed by atoms with van der Waals surface area (Å²) in [7, 11) is 0. The molecule has 0 radical (unpaired) electrons. The van der Waals surface area contributed by atoms with Crippen molar-refractivity contribution in [2.75, 3.05) is 0 Å². The maximum absolute atomic E-state index is 5.48. The first-order chi connectivity index (χ1) is 22.8. The number of hydrogen-bond acceptors (Lipinski definition) is 3. The van der Waals surface area contributed by atoms with Gasteiger partial charge in [0.2, 0.25) is 0 Å². The number of aromatic nitrogens is 3. The average Bonchev–Trinajstić information content (AvgIpc) is 3.64. The molecule has 1 aliphatic carbocycles. The summed E-state index contributed by atoms with van der Waals surface area (Å²) in [4.78, 5) is 11.9. The molecule has 0 fully saturated rings. The number of thiophene rings is 1. The monoisotopic (exact) mass is 605 g/mol. The smallest absolute Gasteiger partial charge is 0.166 e. The van der Waals surface area contributed by atoms with Gasteiger partial charge >= 0.3 is 0 Å². The van der Waals surface area contributed by atoms with Crippen molar-refractivity contribution in [3.05, 3.63) is 145 Å². The molecule has 0 saturated heterocycles. The molecule has 4 heteroatoms. The molecule has 0 bridgehead atoms. The zero-order valence-electron chi connectivity index (χ0n) is 24.9. The predicted molar refractivity (Wildman–Crippen MR) is 195 cm³/mol. The molecule has 0 spiro atoms. The number of fused-ring (bicyclic) bond motifs is 8. The topological polar surface area (TPSA) is 30.7 Å². The molecule has 46 heavy (non-hydrogen) atoms. The van der Waals surface area contributed by atoms with Gasteiger partial charge in [-0.2, -0.15) is 0 Å². The quantitative estimate of drug-likeness (QED) is 0.201. The number of hydrogen-bond donors (Lipinski definition) is 0. The molecule has 1 aliphatic rings. The van der Waals surface area contributed by atoms with E-state index in [1.807, 2.05) is 0 Å². The number of nitrogens with zero attached hydrogens (tertiary/aromatic N) is 3. The van der Waals surface area contributed by atoms with Crippen LogP contribution in [0.25, 0.3) is 87.3 Å². The molecule has 3 heterocycles. The molecule has 6 aromatic carbocycles. The summed E-state index contributed by atoms with van der Waals surface area (Å²) in [5.74, 6) is 0.856. The third kappa shape index (κ3) is 3.90. The minimum absolute atomic E-state index is 0.856. The Kier molecular flexibility index (Phi) is 5.57. The Morgan fingerprint density at radius 2 is 1.37 bits per heavy atom. The van der Waals surface area contributed by atoms with Gasteiger partial charge < -0.3 is 0 Å². The zero-order chi connectivity index (χ0) is 30.2. The highest BCUT2D eigenvalue weighted by molar-refractivity contribution is 7.25. The van der Waals surface area contributed by atoms with E-state index in [1.165, 1.54) is 48.5 Å². The van der Waals surface area contributed by atoms with E-state index in [2.05, 4.69) is 144 Å². The van der Waals surface area contributed by atoms with E-state index in [9.17, 15) is 0 Å². The van der Waals surface area contributed by atoms with Crippen molar-refractivity contribution in [1.29, 1.82) is 0 Å². The van der Waals surface area contributed by atoms with Crippen LogP contribution in [-0.2, 0) is 6.42 Å².